The Kier molecular flexibility index (Phi) is 4.56. The first kappa shape index (κ1) is 15.6. The highest BCUT2D eigenvalue weighted by molar-refractivity contribution is 7.80. The summed E-state index contributed by atoms with van der Waals surface area (Å²) in [5.74, 6) is -0.0221. The molecule has 0 aromatic rings. The number of amides is 1. The Balaban J connectivity index is 3.06. The topological polar surface area (TPSA) is 32.8 Å². The fraction of sp³-hybridized carbons (Fsp3) is 0.833. The van der Waals surface area contributed by atoms with Crippen LogP contribution >= 0.6 is 12.2 Å². The number of thiocarbonyl (C=S) groups is 1. The molecule has 1 unspecified atom stereocenters. The van der Waals surface area contributed by atoms with Crippen molar-refractivity contribution >= 4 is 31.6 Å². The van der Waals surface area contributed by atoms with E-state index in [0.29, 0.717) is 5.11 Å². The van der Waals surface area contributed by atoms with Crippen LogP contribution < -0.4 is 0 Å². The van der Waals surface area contributed by atoms with Crippen LogP contribution in [-0.4, -0.2) is 47.4 Å². The van der Waals surface area contributed by atoms with Gasteiger partial charge in [-0.25, -0.2) is 0 Å². The van der Waals surface area contributed by atoms with Crippen molar-refractivity contribution in [1.29, 1.82) is 0 Å². The van der Waals surface area contributed by atoms with Crippen LogP contribution in [0.5, 0.6) is 0 Å². The Morgan fingerprint density at radius 3 is 2.00 bits per heavy atom. The summed E-state index contributed by atoms with van der Waals surface area (Å²) in [6, 6.07) is 0.230. The van der Waals surface area contributed by atoms with Gasteiger partial charge in [0.05, 0.1) is 0 Å². The van der Waals surface area contributed by atoms with E-state index in [1.807, 2.05) is 32.6 Å². The fourth-order valence-corrected chi connectivity index (χ4v) is 3.46. The van der Waals surface area contributed by atoms with E-state index in [4.69, 9.17) is 16.6 Å². The van der Waals surface area contributed by atoms with Crippen LogP contribution in [0.25, 0.3) is 0 Å². The van der Waals surface area contributed by atoms with Crippen molar-refractivity contribution in [2.75, 3.05) is 0 Å². The Morgan fingerprint density at radius 1 is 1.17 bits per heavy atom. The average Bonchev–Trinajstić information content (AvgIpc) is 2.35. The van der Waals surface area contributed by atoms with Gasteiger partial charge in [0.1, 0.15) is 0 Å². The van der Waals surface area contributed by atoms with Crippen LogP contribution in [0.15, 0.2) is 0 Å². The van der Waals surface area contributed by atoms with Gasteiger partial charge in [-0.1, -0.05) is 0 Å². The van der Waals surface area contributed by atoms with Gasteiger partial charge in [-0.2, -0.15) is 0 Å². The van der Waals surface area contributed by atoms with Crippen molar-refractivity contribution in [3.8, 4) is 0 Å². The van der Waals surface area contributed by atoms with Crippen molar-refractivity contribution in [3.63, 3.8) is 0 Å². The van der Waals surface area contributed by atoms with Crippen LogP contribution in [0.4, 0.5) is 0 Å². The molecule has 0 spiro atoms. The molecule has 1 aliphatic rings. The number of rotatable bonds is 4. The van der Waals surface area contributed by atoms with Crippen molar-refractivity contribution in [1.82, 2.24) is 9.80 Å². The minimum Gasteiger partial charge on any atom is -0.391 e. The summed E-state index contributed by atoms with van der Waals surface area (Å²) in [5, 5.41) is 0.591. The number of carbonyl (C=O) groups excluding carboxylic acids is 1. The molecule has 1 atom stereocenters. The fourth-order valence-electron chi connectivity index (χ4n) is 1.97. The molecule has 104 valence electrons. The lowest BCUT2D eigenvalue weighted by Crippen LogP contribution is -2.46. The molecule has 0 aromatic heterocycles. The zero-order chi connectivity index (χ0) is 14.2. The van der Waals surface area contributed by atoms with Crippen molar-refractivity contribution in [2.45, 2.75) is 65.6 Å². The van der Waals surface area contributed by atoms with E-state index in [1.165, 1.54) is 0 Å². The Bertz CT molecular complexity index is 352. The molecule has 0 N–H and O–H groups in total. The van der Waals surface area contributed by atoms with Gasteiger partial charge in [-0.3, -0.25) is 9.69 Å². The van der Waals surface area contributed by atoms with Gasteiger partial charge >= 0.3 is 0 Å². The minimum absolute atomic E-state index is 0.0221. The predicted molar refractivity (Wildman–Crippen MR) is 79.8 cm³/mol. The van der Waals surface area contributed by atoms with Crippen molar-refractivity contribution < 1.29 is 9.22 Å². The summed E-state index contributed by atoms with van der Waals surface area (Å²) in [4.78, 5) is 16.0. The van der Waals surface area contributed by atoms with E-state index in [-0.39, 0.29) is 18.0 Å². The van der Waals surface area contributed by atoms with Gasteiger partial charge in [-0.05, 0) is 59.6 Å². The zero-order valence-corrected chi connectivity index (χ0v) is 14.2. The summed E-state index contributed by atoms with van der Waals surface area (Å²) in [6.07, 6.45) is -0.536. The maximum absolute atomic E-state index is 12.4. The molecule has 4 nitrogen and oxygen atoms in total. The van der Waals surface area contributed by atoms with E-state index in [2.05, 4.69) is 19.6 Å². The summed E-state index contributed by atoms with van der Waals surface area (Å²) in [6.45, 7) is 14.3. The van der Waals surface area contributed by atoms with Gasteiger partial charge in [-0.15, -0.1) is 0 Å². The van der Waals surface area contributed by atoms with Crippen LogP contribution in [0.3, 0.4) is 0 Å². The first-order valence-corrected chi connectivity index (χ1v) is 10.2. The number of carbonyl (C=O) groups is 1. The maximum Gasteiger partial charge on any atom is 0.278 e. The summed E-state index contributed by atoms with van der Waals surface area (Å²) < 4.78 is 6.02. The lowest BCUT2D eigenvalue weighted by Gasteiger charge is -2.31. The van der Waals surface area contributed by atoms with Crippen molar-refractivity contribution in [2.24, 2.45) is 0 Å². The van der Waals surface area contributed by atoms with E-state index < -0.39 is 14.5 Å². The molecule has 1 saturated heterocycles. The maximum atomic E-state index is 12.4. The third kappa shape index (κ3) is 3.10. The molecule has 1 rings (SSSR count). The highest BCUT2D eigenvalue weighted by Crippen LogP contribution is 2.26. The normalized spacial score (nSPS) is 21.7. The molecule has 1 heterocycles. The lowest BCUT2D eigenvalue weighted by molar-refractivity contribution is -0.137. The molecule has 1 fully saturated rings. The molecule has 0 radical (unpaired) electrons. The quantitative estimate of drug-likeness (QED) is 0.587. The second-order valence-corrected chi connectivity index (χ2v) is 11.0. The molecule has 18 heavy (non-hydrogen) atoms. The number of nitrogens with zero attached hydrogens (tertiary/aromatic N) is 2. The Labute approximate surface area is 116 Å². The highest BCUT2D eigenvalue weighted by atomic mass is 32.1. The van der Waals surface area contributed by atoms with Gasteiger partial charge < -0.3 is 9.33 Å². The molecule has 0 aromatic carbocycles. The predicted octanol–water partition coefficient (Wildman–Crippen LogP) is 2.41. The largest absolute Gasteiger partial charge is 0.391 e. The monoisotopic (exact) mass is 288 g/mol. The lowest BCUT2D eigenvalue weighted by atomic mass is 10.3. The summed E-state index contributed by atoms with van der Waals surface area (Å²) in [7, 11) is -1.79. The van der Waals surface area contributed by atoms with Gasteiger partial charge in [0.25, 0.3) is 5.91 Å². The Hall–Kier alpha value is -0.463. The number of hydrogen-bond acceptors (Lipinski definition) is 3. The van der Waals surface area contributed by atoms with Crippen LogP contribution in [0.1, 0.15) is 27.7 Å². The first-order chi connectivity index (χ1) is 8.06. The minimum atomic E-state index is -1.79. The second-order valence-electron chi connectivity index (χ2n) is 6.17. The third-order valence-electron chi connectivity index (χ3n) is 2.67. The van der Waals surface area contributed by atoms with Gasteiger partial charge in [0, 0.05) is 12.1 Å². The van der Waals surface area contributed by atoms with Gasteiger partial charge in [0.15, 0.2) is 13.4 Å². The SMILES string of the molecule is CC(C)N1C(=O)C(O[Si](C)(C)C)N(C(C)C)C1=S. The second kappa shape index (κ2) is 5.26. The summed E-state index contributed by atoms with van der Waals surface area (Å²) in [5.41, 5.74) is 0. The molecule has 1 aliphatic heterocycles. The van der Waals surface area contributed by atoms with E-state index in [9.17, 15) is 4.79 Å². The van der Waals surface area contributed by atoms with Crippen molar-refractivity contribution in [3.05, 3.63) is 0 Å². The summed E-state index contributed by atoms with van der Waals surface area (Å²) >= 11 is 5.42. The average molecular weight is 288 g/mol. The van der Waals surface area contributed by atoms with Crippen LogP contribution in [-0.2, 0) is 9.22 Å². The van der Waals surface area contributed by atoms with E-state index in [0.717, 1.165) is 0 Å². The smallest absolute Gasteiger partial charge is 0.278 e. The van der Waals surface area contributed by atoms with E-state index >= 15 is 0 Å². The number of hydrogen-bond donors (Lipinski definition) is 0. The Morgan fingerprint density at radius 2 is 1.67 bits per heavy atom. The molecule has 0 aliphatic carbocycles. The van der Waals surface area contributed by atoms with Crippen LogP contribution in [0, 0.1) is 0 Å². The molecular formula is C12H24N2O2SSi. The molecule has 6 heteroatoms. The molecule has 0 saturated carbocycles. The highest BCUT2D eigenvalue weighted by Gasteiger charge is 2.46. The standard InChI is InChI=1S/C12H24N2O2SSi/c1-8(2)13-10(15)11(16-18(5,6)7)14(9(3)4)12(13)17/h8-9,11H,1-7H3. The van der Waals surface area contributed by atoms with Gasteiger partial charge in [0.2, 0.25) is 6.23 Å². The zero-order valence-electron chi connectivity index (χ0n) is 12.4. The third-order valence-corrected chi connectivity index (χ3v) is 4.00. The first-order valence-electron chi connectivity index (χ1n) is 6.39. The van der Waals surface area contributed by atoms with E-state index in [1.54, 1.807) is 4.90 Å². The molecule has 1 amide bonds. The molecule has 0 bridgehead atoms. The van der Waals surface area contributed by atoms with Crippen LogP contribution in [0.2, 0.25) is 19.6 Å². The molecular weight excluding hydrogens is 264 g/mol.